The predicted molar refractivity (Wildman–Crippen MR) is 85.7 cm³/mol. The second-order valence-corrected chi connectivity index (χ2v) is 7.38. The normalized spacial score (nSPS) is 23.7. The Bertz CT molecular complexity index is 731. The first-order chi connectivity index (χ1) is 11.8. The van der Waals surface area contributed by atoms with Gasteiger partial charge in [0.25, 0.3) is 0 Å². The van der Waals surface area contributed by atoms with Gasteiger partial charge < -0.3 is 4.90 Å². The van der Waals surface area contributed by atoms with Crippen LogP contribution in [0, 0.1) is 24.2 Å². The zero-order valence-corrected chi connectivity index (χ0v) is 14.5. The van der Waals surface area contributed by atoms with Crippen molar-refractivity contribution in [1.82, 2.24) is 14.9 Å². The highest BCUT2D eigenvalue weighted by Gasteiger charge is 2.41. The fourth-order valence-corrected chi connectivity index (χ4v) is 4.36. The summed E-state index contributed by atoms with van der Waals surface area (Å²) in [5, 5.41) is 9.22. The number of alkyl halides is 3. The summed E-state index contributed by atoms with van der Waals surface area (Å²) in [7, 11) is 0. The van der Waals surface area contributed by atoms with Crippen LogP contribution in [0.25, 0.3) is 0 Å². The van der Waals surface area contributed by atoms with Crippen LogP contribution >= 0.6 is 11.8 Å². The van der Waals surface area contributed by atoms with Crippen molar-refractivity contribution in [3.8, 4) is 6.07 Å². The summed E-state index contributed by atoms with van der Waals surface area (Å²) in [6.45, 7) is 1.90. The fraction of sp³-hybridized carbons (Fsp3) is 0.625. The molecule has 0 spiro atoms. The summed E-state index contributed by atoms with van der Waals surface area (Å²) in [4.78, 5) is 22.0. The molecule has 2 aliphatic rings. The van der Waals surface area contributed by atoms with Crippen LogP contribution in [0.15, 0.2) is 0 Å². The van der Waals surface area contributed by atoms with Crippen molar-refractivity contribution in [1.29, 1.82) is 5.26 Å². The molecular weight excluding hydrogens is 353 g/mol. The van der Waals surface area contributed by atoms with Gasteiger partial charge >= 0.3 is 6.18 Å². The van der Waals surface area contributed by atoms with Gasteiger partial charge in [-0.1, -0.05) is 0 Å². The van der Waals surface area contributed by atoms with Crippen LogP contribution < -0.4 is 0 Å². The van der Waals surface area contributed by atoms with Crippen LogP contribution in [0.2, 0.25) is 0 Å². The van der Waals surface area contributed by atoms with Gasteiger partial charge in [-0.3, -0.25) is 4.79 Å². The fourth-order valence-electron chi connectivity index (χ4n) is 3.39. The first-order valence-corrected chi connectivity index (χ1v) is 9.18. The van der Waals surface area contributed by atoms with Gasteiger partial charge in [-0.15, -0.1) is 0 Å². The summed E-state index contributed by atoms with van der Waals surface area (Å²) in [6.07, 6.45) is -3.83. The second kappa shape index (κ2) is 6.83. The van der Waals surface area contributed by atoms with Gasteiger partial charge in [0.1, 0.15) is 11.9 Å². The molecule has 3 rings (SSSR count). The highest BCUT2D eigenvalue weighted by molar-refractivity contribution is 7.99. The first-order valence-electron chi connectivity index (χ1n) is 8.02. The molecule has 0 saturated carbocycles. The smallest absolute Gasteiger partial charge is 0.325 e. The molecule has 1 aromatic rings. The molecule has 1 aliphatic heterocycles. The van der Waals surface area contributed by atoms with Crippen molar-refractivity contribution in [3.63, 3.8) is 0 Å². The van der Waals surface area contributed by atoms with Crippen LogP contribution in [-0.4, -0.2) is 44.9 Å². The van der Waals surface area contributed by atoms with Crippen LogP contribution in [-0.2, 0) is 23.8 Å². The largest absolute Gasteiger partial charge is 0.433 e. The molecule has 2 heterocycles. The van der Waals surface area contributed by atoms with Gasteiger partial charge in [0.2, 0.25) is 5.91 Å². The Morgan fingerprint density at radius 3 is 2.84 bits per heavy atom. The molecule has 1 fully saturated rings. The van der Waals surface area contributed by atoms with E-state index < -0.39 is 23.8 Å². The number of fused-ring (bicyclic) bond motifs is 1. The number of carbonyl (C=O) groups is 1. The molecule has 5 nitrogen and oxygen atoms in total. The molecule has 134 valence electrons. The highest BCUT2D eigenvalue weighted by atomic mass is 32.2. The molecule has 25 heavy (non-hydrogen) atoms. The zero-order chi connectivity index (χ0) is 18.2. The molecule has 0 aromatic carbocycles. The molecule has 0 bridgehead atoms. The molecule has 0 N–H and O–H groups in total. The maximum absolute atomic E-state index is 13.3. The third-order valence-electron chi connectivity index (χ3n) is 4.56. The second-order valence-electron chi connectivity index (χ2n) is 6.23. The molecule has 0 radical (unpaired) electrons. The van der Waals surface area contributed by atoms with E-state index in [0.717, 1.165) is 5.75 Å². The molecule has 9 heteroatoms. The average molecular weight is 370 g/mol. The molecule has 1 saturated heterocycles. The number of halogens is 3. The quantitative estimate of drug-likeness (QED) is 0.759. The number of nitrogens with zero attached hydrogens (tertiary/aromatic N) is 4. The summed E-state index contributed by atoms with van der Waals surface area (Å²) >= 11 is 1.61. The van der Waals surface area contributed by atoms with E-state index in [9.17, 15) is 23.2 Å². The number of rotatable bonds is 1. The Kier molecular flexibility index (Phi) is 4.91. The summed E-state index contributed by atoms with van der Waals surface area (Å²) in [5.74, 6) is 0.587. The topological polar surface area (TPSA) is 69.9 Å². The van der Waals surface area contributed by atoms with E-state index in [2.05, 4.69) is 16.0 Å². The lowest BCUT2D eigenvalue weighted by Gasteiger charge is -2.35. The maximum Gasteiger partial charge on any atom is 0.433 e. The summed E-state index contributed by atoms with van der Waals surface area (Å²) in [6, 6.07) is 1.61. The average Bonchev–Trinajstić information content (AvgIpc) is 2.59. The molecule has 1 aliphatic carbocycles. The Hall–Kier alpha value is -1.82. The molecule has 0 unspecified atom stereocenters. The van der Waals surface area contributed by atoms with E-state index in [1.54, 1.807) is 11.8 Å². The van der Waals surface area contributed by atoms with Crippen molar-refractivity contribution < 1.29 is 18.0 Å². The minimum atomic E-state index is -4.57. The van der Waals surface area contributed by atoms with Crippen molar-refractivity contribution in [2.45, 2.75) is 38.4 Å². The third kappa shape index (κ3) is 3.59. The third-order valence-corrected chi connectivity index (χ3v) is 5.59. The van der Waals surface area contributed by atoms with Crippen molar-refractivity contribution in [2.75, 3.05) is 18.1 Å². The van der Waals surface area contributed by atoms with E-state index in [1.165, 1.54) is 11.8 Å². The van der Waals surface area contributed by atoms with Crippen LogP contribution in [0.5, 0.6) is 0 Å². The van der Waals surface area contributed by atoms with Gasteiger partial charge in [-0.05, 0) is 26.2 Å². The van der Waals surface area contributed by atoms with E-state index >= 15 is 0 Å². The van der Waals surface area contributed by atoms with Crippen LogP contribution in [0.1, 0.15) is 29.2 Å². The monoisotopic (exact) mass is 370 g/mol. The number of nitriles is 1. The van der Waals surface area contributed by atoms with E-state index in [-0.39, 0.29) is 23.7 Å². The lowest BCUT2D eigenvalue weighted by molar-refractivity contribution is -0.143. The van der Waals surface area contributed by atoms with Crippen molar-refractivity contribution in [2.24, 2.45) is 5.92 Å². The lowest BCUT2D eigenvalue weighted by Crippen LogP contribution is -2.49. The minimum absolute atomic E-state index is 0.0227. The van der Waals surface area contributed by atoms with E-state index in [1.807, 2.05) is 0 Å². The number of amides is 1. The van der Waals surface area contributed by atoms with E-state index in [0.29, 0.717) is 30.8 Å². The van der Waals surface area contributed by atoms with Crippen molar-refractivity contribution >= 4 is 17.7 Å². The molecular formula is C16H17F3N4OS. The van der Waals surface area contributed by atoms with Gasteiger partial charge in [0.05, 0.1) is 6.07 Å². The molecule has 1 aromatic heterocycles. The number of hydrogen-bond donors (Lipinski definition) is 0. The predicted octanol–water partition coefficient (Wildman–Crippen LogP) is 2.38. The van der Waals surface area contributed by atoms with Gasteiger partial charge in [0.15, 0.2) is 5.69 Å². The Labute approximate surface area is 147 Å². The number of aryl methyl sites for hydroxylation is 2. The van der Waals surface area contributed by atoms with E-state index in [4.69, 9.17) is 0 Å². The number of thioether (sulfide) groups is 1. The molecule has 1 amide bonds. The summed E-state index contributed by atoms with van der Waals surface area (Å²) in [5.41, 5.74) is -0.518. The molecule has 2 atom stereocenters. The Morgan fingerprint density at radius 2 is 2.16 bits per heavy atom. The SMILES string of the molecule is Cc1nc2c(c(C(F)(F)F)n1)C[C@H](C(=O)N1CCSC[C@H]1C#N)CC2. The van der Waals surface area contributed by atoms with Crippen molar-refractivity contribution in [3.05, 3.63) is 22.8 Å². The number of aromatic nitrogens is 2. The highest BCUT2D eigenvalue weighted by Crippen LogP contribution is 2.36. The van der Waals surface area contributed by atoms with Crippen LogP contribution in [0.4, 0.5) is 13.2 Å². The standard InChI is InChI=1S/C16H17F3N4OS/c1-9-21-13-3-2-10(6-12(13)14(22-9)16(17,18)19)15(24)23-4-5-25-8-11(23)7-20/h10-11H,2-6,8H2,1H3/t10-,11-/m1/s1. The first kappa shape index (κ1) is 18.0. The maximum atomic E-state index is 13.3. The lowest BCUT2D eigenvalue weighted by atomic mass is 9.84. The number of hydrogen-bond acceptors (Lipinski definition) is 5. The van der Waals surface area contributed by atoms with Gasteiger partial charge in [0, 0.05) is 35.2 Å². The summed E-state index contributed by atoms with van der Waals surface area (Å²) < 4.78 is 40.0. The Balaban J connectivity index is 1.88. The minimum Gasteiger partial charge on any atom is -0.325 e. The number of carbonyl (C=O) groups excluding carboxylic acids is 1. The Morgan fingerprint density at radius 1 is 1.40 bits per heavy atom. The van der Waals surface area contributed by atoms with Gasteiger partial charge in [-0.25, -0.2) is 9.97 Å². The van der Waals surface area contributed by atoms with Crippen LogP contribution in [0.3, 0.4) is 0 Å². The zero-order valence-electron chi connectivity index (χ0n) is 13.6. The van der Waals surface area contributed by atoms with Gasteiger partial charge in [-0.2, -0.15) is 30.2 Å².